The number of carbonyl (C=O) groups is 1. The van der Waals surface area contributed by atoms with E-state index in [0.717, 1.165) is 38.3 Å². The Hall–Kier alpha value is -3.55. The lowest BCUT2D eigenvalue weighted by atomic mass is 10.2. The number of amides is 1. The van der Waals surface area contributed by atoms with Crippen molar-refractivity contribution in [3.8, 4) is 0 Å². The van der Waals surface area contributed by atoms with Gasteiger partial charge in [-0.3, -0.25) is 4.79 Å². The molecule has 1 fully saturated rings. The van der Waals surface area contributed by atoms with Crippen molar-refractivity contribution in [2.75, 3.05) is 41.3 Å². The van der Waals surface area contributed by atoms with Crippen LogP contribution in [0.3, 0.4) is 0 Å². The monoisotopic (exact) mass is 395 g/mol. The van der Waals surface area contributed by atoms with E-state index in [4.69, 9.17) is 0 Å². The zero-order valence-corrected chi connectivity index (χ0v) is 15.6. The first-order valence-corrected chi connectivity index (χ1v) is 9.23. The Bertz CT molecular complexity index is 990. The van der Waals surface area contributed by atoms with Gasteiger partial charge in [-0.15, -0.1) is 0 Å². The van der Waals surface area contributed by atoms with E-state index in [9.17, 15) is 13.6 Å². The molecule has 1 N–H and O–H groups in total. The molecule has 0 atom stereocenters. The molecule has 2 heterocycles. The summed E-state index contributed by atoms with van der Waals surface area (Å²) in [5.74, 6) is -1.48. The van der Waals surface area contributed by atoms with E-state index in [0.29, 0.717) is 11.9 Å². The first-order valence-electron chi connectivity index (χ1n) is 9.23. The predicted molar refractivity (Wildman–Crippen MR) is 107 cm³/mol. The van der Waals surface area contributed by atoms with Crippen LogP contribution >= 0.6 is 0 Å². The fourth-order valence-electron chi connectivity index (χ4n) is 3.21. The summed E-state index contributed by atoms with van der Waals surface area (Å²) in [5.41, 5.74) is 1.14. The number of anilines is 3. The molecule has 148 valence electrons. The van der Waals surface area contributed by atoms with Crippen LogP contribution < -0.4 is 15.1 Å². The van der Waals surface area contributed by atoms with Crippen molar-refractivity contribution in [1.82, 2.24) is 9.97 Å². The molecule has 0 saturated carbocycles. The molecule has 6 nitrogen and oxygen atoms in total. The Balaban J connectivity index is 1.37. The van der Waals surface area contributed by atoms with E-state index in [1.54, 1.807) is 0 Å². The number of nitrogens with zero attached hydrogens (tertiary/aromatic N) is 4. The van der Waals surface area contributed by atoms with Crippen LogP contribution in [-0.4, -0.2) is 42.1 Å². The molecule has 2 aromatic carbocycles. The Labute approximate surface area is 166 Å². The van der Waals surface area contributed by atoms with Crippen molar-refractivity contribution in [2.45, 2.75) is 0 Å². The number of piperazine rings is 1. The first-order chi connectivity index (χ1) is 14.1. The molecule has 1 aromatic heterocycles. The normalized spacial score (nSPS) is 14.0. The second kappa shape index (κ2) is 8.22. The molecule has 8 heteroatoms. The van der Waals surface area contributed by atoms with Crippen LogP contribution in [0.15, 0.2) is 60.9 Å². The smallest absolute Gasteiger partial charge is 0.275 e. The van der Waals surface area contributed by atoms with Crippen LogP contribution in [-0.2, 0) is 0 Å². The van der Waals surface area contributed by atoms with Crippen molar-refractivity contribution in [2.24, 2.45) is 0 Å². The molecule has 1 aliphatic heterocycles. The van der Waals surface area contributed by atoms with E-state index in [1.165, 1.54) is 18.1 Å². The zero-order valence-electron chi connectivity index (χ0n) is 15.6. The zero-order chi connectivity index (χ0) is 20.2. The lowest BCUT2D eigenvalue weighted by molar-refractivity contribution is 0.102. The summed E-state index contributed by atoms with van der Waals surface area (Å²) in [6, 6.07) is 13.2. The first kappa shape index (κ1) is 18.8. The van der Waals surface area contributed by atoms with Crippen LogP contribution in [0.1, 0.15) is 10.5 Å². The Morgan fingerprint density at radius 2 is 1.62 bits per heavy atom. The third-order valence-electron chi connectivity index (χ3n) is 4.78. The Morgan fingerprint density at radius 3 is 2.28 bits per heavy atom. The second-order valence-corrected chi connectivity index (χ2v) is 6.65. The maximum Gasteiger partial charge on any atom is 0.275 e. The molecular formula is C21H19F2N5O. The highest BCUT2D eigenvalue weighted by Crippen LogP contribution is 2.19. The molecule has 0 unspecified atom stereocenters. The number of halogens is 2. The minimum Gasteiger partial charge on any atom is -0.368 e. The fourth-order valence-corrected chi connectivity index (χ4v) is 3.21. The number of para-hydroxylation sites is 1. The van der Waals surface area contributed by atoms with Gasteiger partial charge in [0.25, 0.3) is 5.91 Å². The minimum absolute atomic E-state index is 0.0559. The average Bonchev–Trinajstić information content (AvgIpc) is 2.76. The quantitative estimate of drug-likeness (QED) is 0.734. The van der Waals surface area contributed by atoms with Crippen LogP contribution in [0, 0.1) is 11.6 Å². The molecule has 0 spiro atoms. The largest absolute Gasteiger partial charge is 0.368 e. The van der Waals surface area contributed by atoms with Crippen molar-refractivity contribution < 1.29 is 13.6 Å². The number of aromatic nitrogens is 2. The van der Waals surface area contributed by atoms with Gasteiger partial charge in [0.05, 0.1) is 18.1 Å². The third kappa shape index (κ3) is 4.31. The Morgan fingerprint density at radius 1 is 0.897 bits per heavy atom. The van der Waals surface area contributed by atoms with E-state index < -0.39 is 17.5 Å². The molecule has 0 radical (unpaired) electrons. The van der Waals surface area contributed by atoms with Crippen molar-refractivity contribution in [3.05, 3.63) is 78.3 Å². The molecule has 1 aliphatic rings. The van der Waals surface area contributed by atoms with Gasteiger partial charge < -0.3 is 15.1 Å². The second-order valence-electron chi connectivity index (χ2n) is 6.65. The van der Waals surface area contributed by atoms with Crippen LogP contribution in [0.2, 0.25) is 0 Å². The van der Waals surface area contributed by atoms with Gasteiger partial charge in [0.1, 0.15) is 23.1 Å². The number of hydrogen-bond acceptors (Lipinski definition) is 5. The van der Waals surface area contributed by atoms with E-state index in [-0.39, 0.29) is 11.4 Å². The lowest BCUT2D eigenvalue weighted by Crippen LogP contribution is -2.46. The summed E-state index contributed by atoms with van der Waals surface area (Å²) >= 11 is 0. The van der Waals surface area contributed by atoms with Gasteiger partial charge in [-0.1, -0.05) is 18.2 Å². The van der Waals surface area contributed by atoms with Crippen LogP contribution in [0.25, 0.3) is 0 Å². The Kier molecular flexibility index (Phi) is 5.33. The molecule has 0 aliphatic carbocycles. The minimum atomic E-state index is -0.848. The standard InChI is InChI=1S/C21H19F2N5O/c22-15-6-7-18(17(23)12-15)26-21(29)19-13-25-20(14-24-19)28-10-8-27(9-11-28)16-4-2-1-3-5-16/h1-7,12-14H,8-11H2,(H,26,29). The molecule has 1 saturated heterocycles. The van der Waals surface area contributed by atoms with Crippen LogP contribution in [0.4, 0.5) is 26.0 Å². The summed E-state index contributed by atoms with van der Waals surface area (Å²) in [6.07, 6.45) is 2.89. The van der Waals surface area contributed by atoms with Crippen LogP contribution in [0.5, 0.6) is 0 Å². The number of benzene rings is 2. The molecular weight excluding hydrogens is 376 g/mol. The molecule has 3 aromatic rings. The molecule has 29 heavy (non-hydrogen) atoms. The SMILES string of the molecule is O=C(Nc1ccc(F)cc1F)c1cnc(N2CCN(c3ccccc3)CC2)cn1. The van der Waals surface area contributed by atoms with E-state index in [1.807, 2.05) is 18.2 Å². The number of hydrogen-bond donors (Lipinski definition) is 1. The lowest BCUT2D eigenvalue weighted by Gasteiger charge is -2.36. The third-order valence-corrected chi connectivity index (χ3v) is 4.78. The van der Waals surface area contributed by atoms with Gasteiger partial charge in [0.15, 0.2) is 0 Å². The van der Waals surface area contributed by atoms with Gasteiger partial charge in [0.2, 0.25) is 0 Å². The number of nitrogens with one attached hydrogen (secondary N) is 1. The summed E-state index contributed by atoms with van der Waals surface area (Å²) < 4.78 is 26.7. The highest BCUT2D eigenvalue weighted by molar-refractivity contribution is 6.02. The van der Waals surface area contributed by atoms with E-state index in [2.05, 4.69) is 37.2 Å². The predicted octanol–water partition coefficient (Wildman–Crippen LogP) is 3.33. The highest BCUT2D eigenvalue weighted by Gasteiger charge is 2.19. The highest BCUT2D eigenvalue weighted by atomic mass is 19.1. The summed E-state index contributed by atoms with van der Waals surface area (Å²) in [4.78, 5) is 25.1. The fraction of sp³-hybridized carbons (Fsp3) is 0.190. The van der Waals surface area contributed by atoms with Gasteiger partial charge in [-0.2, -0.15) is 0 Å². The number of carbonyl (C=O) groups excluding carboxylic acids is 1. The van der Waals surface area contributed by atoms with Crippen molar-refractivity contribution in [1.29, 1.82) is 0 Å². The molecule has 4 rings (SSSR count). The summed E-state index contributed by atoms with van der Waals surface area (Å²) in [6.45, 7) is 3.29. The summed E-state index contributed by atoms with van der Waals surface area (Å²) in [7, 11) is 0. The summed E-state index contributed by atoms with van der Waals surface area (Å²) in [5, 5.41) is 2.37. The van der Waals surface area contributed by atoms with Gasteiger partial charge in [-0.05, 0) is 24.3 Å². The number of rotatable bonds is 4. The molecule has 0 bridgehead atoms. The van der Waals surface area contributed by atoms with Crippen molar-refractivity contribution >= 4 is 23.1 Å². The van der Waals surface area contributed by atoms with Gasteiger partial charge in [0, 0.05) is 37.9 Å². The van der Waals surface area contributed by atoms with Crippen molar-refractivity contribution in [3.63, 3.8) is 0 Å². The average molecular weight is 395 g/mol. The van der Waals surface area contributed by atoms with Gasteiger partial charge in [-0.25, -0.2) is 18.7 Å². The maximum atomic E-state index is 13.7. The topological polar surface area (TPSA) is 61.4 Å². The van der Waals surface area contributed by atoms with E-state index >= 15 is 0 Å². The molecule has 1 amide bonds. The maximum absolute atomic E-state index is 13.7. The van der Waals surface area contributed by atoms with Gasteiger partial charge >= 0.3 is 0 Å².